The number of hydrogen-bond donors (Lipinski definition) is 2. The summed E-state index contributed by atoms with van der Waals surface area (Å²) in [6.07, 6.45) is 0. The Kier molecular flexibility index (Phi) is 2.33. The molecule has 1 aliphatic heterocycles. The van der Waals surface area contributed by atoms with Crippen LogP contribution in [0.4, 0.5) is 16.2 Å². The summed E-state index contributed by atoms with van der Waals surface area (Å²) in [5.41, 5.74) is 7.19. The standard InChI is InChI=1S/C9H10BrN3O/c10-6-1-2-8(7(11)5-6)13-4-3-12-9(13)14/h1-2,5H,3-4,11H2,(H,12,14). The smallest absolute Gasteiger partial charge is 0.322 e. The van der Waals surface area contributed by atoms with Crippen molar-refractivity contribution in [3.8, 4) is 0 Å². The molecule has 1 fully saturated rings. The molecular weight excluding hydrogens is 246 g/mol. The van der Waals surface area contributed by atoms with Crippen molar-refractivity contribution < 1.29 is 4.79 Å². The predicted octanol–water partition coefficient (Wildman–Crippen LogP) is 1.56. The molecule has 0 unspecified atom stereocenters. The first-order chi connectivity index (χ1) is 6.68. The molecule has 1 aromatic carbocycles. The Morgan fingerprint density at radius 1 is 1.50 bits per heavy atom. The Morgan fingerprint density at radius 2 is 2.29 bits per heavy atom. The molecule has 1 saturated heterocycles. The maximum Gasteiger partial charge on any atom is 0.322 e. The maximum atomic E-state index is 11.4. The number of anilines is 2. The van der Waals surface area contributed by atoms with Gasteiger partial charge in [-0.05, 0) is 18.2 Å². The Balaban J connectivity index is 2.36. The summed E-state index contributed by atoms with van der Waals surface area (Å²) in [5.74, 6) is 0. The van der Waals surface area contributed by atoms with Gasteiger partial charge in [-0.25, -0.2) is 4.79 Å². The minimum Gasteiger partial charge on any atom is -0.397 e. The summed E-state index contributed by atoms with van der Waals surface area (Å²) in [6, 6.07) is 5.42. The summed E-state index contributed by atoms with van der Waals surface area (Å²) in [5, 5.41) is 2.73. The molecule has 0 aliphatic carbocycles. The van der Waals surface area contributed by atoms with Gasteiger partial charge in [-0.2, -0.15) is 0 Å². The van der Waals surface area contributed by atoms with E-state index in [0.29, 0.717) is 18.8 Å². The van der Waals surface area contributed by atoms with E-state index in [9.17, 15) is 4.79 Å². The first-order valence-electron chi connectivity index (χ1n) is 4.29. The molecule has 5 heteroatoms. The van der Waals surface area contributed by atoms with Gasteiger partial charge in [0, 0.05) is 17.6 Å². The average molecular weight is 256 g/mol. The third-order valence-corrected chi connectivity index (χ3v) is 2.63. The Hall–Kier alpha value is -1.23. The second kappa shape index (κ2) is 3.49. The van der Waals surface area contributed by atoms with E-state index in [4.69, 9.17) is 5.73 Å². The number of nitrogens with zero attached hydrogens (tertiary/aromatic N) is 1. The van der Waals surface area contributed by atoms with Crippen LogP contribution in [0, 0.1) is 0 Å². The fraction of sp³-hybridized carbons (Fsp3) is 0.222. The number of nitrogens with one attached hydrogen (secondary N) is 1. The molecule has 0 aromatic heterocycles. The van der Waals surface area contributed by atoms with E-state index in [0.717, 1.165) is 10.2 Å². The third kappa shape index (κ3) is 1.55. The van der Waals surface area contributed by atoms with Crippen molar-refractivity contribution in [1.82, 2.24) is 5.32 Å². The van der Waals surface area contributed by atoms with Gasteiger partial charge < -0.3 is 11.1 Å². The number of nitrogen functional groups attached to an aromatic ring is 1. The monoisotopic (exact) mass is 255 g/mol. The lowest BCUT2D eigenvalue weighted by Gasteiger charge is -2.16. The maximum absolute atomic E-state index is 11.4. The number of hydrogen-bond acceptors (Lipinski definition) is 2. The summed E-state index contributed by atoms with van der Waals surface area (Å²) >= 11 is 3.32. The van der Waals surface area contributed by atoms with Gasteiger partial charge >= 0.3 is 6.03 Å². The zero-order valence-electron chi connectivity index (χ0n) is 7.46. The molecule has 2 rings (SSSR count). The molecule has 74 valence electrons. The van der Waals surface area contributed by atoms with Crippen LogP contribution in [0.2, 0.25) is 0 Å². The topological polar surface area (TPSA) is 58.4 Å². The number of amides is 2. The molecule has 0 bridgehead atoms. The van der Waals surface area contributed by atoms with E-state index < -0.39 is 0 Å². The fourth-order valence-electron chi connectivity index (χ4n) is 1.47. The molecule has 2 amide bonds. The van der Waals surface area contributed by atoms with E-state index in [2.05, 4.69) is 21.2 Å². The molecule has 0 saturated carbocycles. The highest BCUT2D eigenvalue weighted by atomic mass is 79.9. The van der Waals surface area contributed by atoms with E-state index >= 15 is 0 Å². The normalized spacial score (nSPS) is 15.8. The summed E-state index contributed by atoms with van der Waals surface area (Å²) in [6.45, 7) is 1.35. The van der Waals surface area contributed by atoms with Gasteiger partial charge in [-0.3, -0.25) is 4.90 Å². The summed E-state index contributed by atoms with van der Waals surface area (Å²) in [4.78, 5) is 13.0. The molecule has 4 nitrogen and oxygen atoms in total. The van der Waals surface area contributed by atoms with Gasteiger partial charge in [-0.15, -0.1) is 0 Å². The minimum atomic E-state index is -0.0842. The van der Waals surface area contributed by atoms with Crippen molar-refractivity contribution in [2.24, 2.45) is 0 Å². The first-order valence-corrected chi connectivity index (χ1v) is 5.08. The lowest BCUT2D eigenvalue weighted by molar-refractivity contribution is 0.252. The Morgan fingerprint density at radius 3 is 2.86 bits per heavy atom. The van der Waals surface area contributed by atoms with Crippen LogP contribution >= 0.6 is 15.9 Å². The van der Waals surface area contributed by atoms with Crippen molar-refractivity contribution in [2.45, 2.75) is 0 Å². The number of rotatable bonds is 1. The van der Waals surface area contributed by atoms with Gasteiger partial charge in [0.15, 0.2) is 0 Å². The largest absolute Gasteiger partial charge is 0.397 e. The van der Waals surface area contributed by atoms with Gasteiger partial charge in [0.2, 0.25) is 0 Å². The molecule has 1 aromatic rings. The molecule has 14 heavy (non-hydrogen) atoms. The Labute approximate surface area is 90.2 Å². The lowest BCUT2D eigenvalue weighted by atomic mass is 10.2. The van der Waals surface area contributed by atoms with Crippen LogP contribution in [0.25, 0.3) is 0 Å². The van der Waals surface area contributed by atoms with Crippen LogP contribution in [-0.4, -0.2) is 19.1 Å². The predicted molar refractivity (Wildman–Crippen MR) is 59.3 cm³/mol. The quantitative estimate of drug-likeness (QED) is 0.749. The fourth-order valence-corrected chi connectivity index (χ4v) is 1.85. The molecule has 1 heterocycles. The minimum absolute atomic E-state index is 0.0842. The van der Waals surface area contributed by atoms with Gasteiger partial charge in [0.1, 0.15) is 0 Å². The van der Waals surface area contributed by atoms with Crippen LogP contribution < -0.4 is 16.0 Å². The second-order valence-corrected chi connectivity index (χ2v) is 4.00. The van der Waals surface area contributed by atoms with Crippen molar-refractivity contribution in [3.63, 3.8) is 0 Å². The highest BCUT2D eigenvalue weighted by Gasteiger charge is 2.22. The lowest BCUT2D eigenvalue weighted by Crippen LogP contribution is -2.28. The van der Waals surface area contributed by atoms with Crippen molar-refractivity contribution in [2.75, 3.05) is 23.7 Å². The molecule has 1 aliphatic rings. The molecule has 0 atom stereocenters. The zero-order valence-corrected chi connectivity index (χ0v) is 9.04. The SMILES string of the molecule is Nc1cc(Br)ccc1N1CCNC1=O. The first kappa shape index (κ1) is 9.33. The van der Waals surface area contributed by atoms with Gasteiger partial charge in [-0.1, -0.05) is 15.9 Å². The number of carbonyl (C=O) groups excluding carboxylic acids is 1. The van der Waals surface area contributed by atoms with Crippen LogP contribution in [-0.2, 0) is 0 Å². The number of halogens is 1. The van der Waals surface area contributed by atoms with E-state index in [-0.39, 0.29) is 6.03 Å². The van der Waals surface area contributed by atoms with Crippen molar-refractivity contribution in [1.29, 1.82) is 0 Å². The summed E-state index contributed by atoms with van der Waals surface area (Å²) < 4.78 is 0.915. The van der Waals surface area contributed by atoms with Crippen LogP contribution in [0.5, 0.6) is 0 Å². The van der Waals surface area contributed by atoms with E-state index in [1.54, 1.807) is 11.0 Å². The third-order valence-electron chi connectivity index (χ3n) is 2.14. The molecule has 3 N–H and O–H groups in total. The molecule has 0 spiro atoms. The van der Waals surface area contributed by atoms with Gasteiger partial charge in [0.05, 0.1) is 11.4 Å². The number of urea groups is 1. The highest BCUT2D eigenvalue weighted by molar-refractivity contribution is 9.10. The highest BCUT2D eigenvalue weighted by Crippen LogP contribution is 2.27. The second-order valence-electron chi connectivity index (χ2n) is 3.09. The Bertz CT molecular complexity index is 380. The number of carbonyl (C=O) groups is 1. The molecular formula is C9H10BrN3O. The molecule has 0 radical (unpaired) electrons. The van der Waals surface area contributed by atoms with Crippen LogP contribution in [0.15, 0.2) is 22.7 Å². The van der Waals surface area contributed by atoms with Crippen LogP contribution in [0.1, 0.15) is 0 Å². The van der Waals surface area contributed by atoms with Crippen LogP contribution in [0.3, 0.4) is 0 Å². The van der Waals surface area contributed by atoms with Crippen molar-refractivity contribution >= 4 is 33.3 Å². The number of nitrogens with two attached hydrogens (primary N) is 1. The van der Waals surface area contributed by atoms with E-state index in [1.807, 2.05) is 12.1 Å². The van der Waals surface area contributed by atoms with E-state index in [1.165, 1.54) is 0 Å². The zero-order chi connectivity index (χ0) is 10.1. The average Bonchev–Trinajstić information content (AvgIpc) is 2.52. The van der Waals surface area contributed by atoms with Gasteiger partial charge in [0.25, 0.3) is 0 Å². The summed E-state index contributed by atoms with van der Waals surface area (Å²) in [7, 11) is 0. The number of benzene rings is 1. The van der Waals surface area contributed by atoms with Crippen molar-refractivity contribution in [3.05, 3.63) is 22.7 Å².